The van der Waals surface area contributed by atoms with Crippen LogP contribution in [0.15, 0.2) is 6.07 Å². The number of carbonyl (C=O) groups is 1. The molecule has 0 bridgehead atoms. The van der Waals surface area contributed by atoms with Crippen LogP contribution in [0.3, 0.4) is 0 Å². The summed E-state index contributed by atoms with van der Waals surface area (Å²) in [5.41, 5.74) is 0.651. The Kier molecular flexibility index (Phi) is 4.27. The fourth-order valence-electron chi connectivity index (χ4n) is 1.56. The molecule has 5 nitrogen and oxygen atoms in total. The first-order valence-electron chi connectivity index (χ1n) is 6.08. The molecule has 5 heteroatoms. The number of nitrogens with zero attached hydrogens (tertiary/aromatic N) is 2. The molecule has 1 atom stereocenters. The number of hydrogen-bond donors (Lipinski definition) is 2. The zero-order chi connectivity index (χ0) is 13.9. The van der Waals surface area contributed by atoms with Crippen molar-refractivity contribution in [1.29, 1.82) is 0 Å². The van der Waals surface area contributed by atoms with Crippen molar-refractivity contribution in [1.82, 2.24) is 15.3 Å². The van der Waals surface area contributed by atoms with Gasteiger partial charge in [-0.05, 0) is 41.5 Å². The highest BCUT2D eigenvalue weighted by Gasteiger charge is 2.19. The highest BCUT2D eigenvalue weighted by atomic mass is 16.2. The maximum absolute atomic E-state index is 11.9. The molecule has 0 aliphatic heterocycles. The monoisotopic (exact) mass is 250 g/mol. The topological polar surface area (TPSA) is 66.9 Å². The van der Waals surface area contributed by atoms with Gasteiger partial charge in [0.1, 0.15) is 17.7 Å². The lowest BCUT2D eigenvalue weighted by molar-refractivity contribution is -0.122. The van der Waals surface area contributed by atoms with Crippen LogP contribution in [0, 0.1) is 13.8 Å². The van der Waals surface area contributed by atoms with E-state index in [-0.39, 0.29) is 17.5 Å². The lowest BCUT2D eigenvalue weighted by atomic mass is 10.1. The normalized spacial score (nSPS) is 13.0. The predicted molar refractivity (Wildman–Crippen MR) is 72.5 cm³/mol. The van der Waals surface area contributed by atoms with Crippen LogP contribution in [0.4, 0.5) is 5.82 Å². The van der Waals surface area contributed by atoms with E-state index in [1.807, 2.05) is 47.6 Å². The minimum absolute atomic E-state index is 0.0450. The van der Waals surface area contributed by atoms with Gasteiger partial charge in [-0.1, -0.05) is 0 Å². The molecule has 100 valence electrons. The Labute approximate surface area is 108 Å². The lowest BCUT2D eigenvalue weighted by Crippen LogP contribution is -2.47. The Hall–Kier alpha value is -1.65. The van der Waals surface area contributed by atoms with E-state index < -0.39 is 0 Å². The first-order chi connectivity index (χ1) is 8.17. The standard InChI is InChI=1S/C13H22N4O/c1-8-7-11(16-10(3)14-8)15-9(2)12(18)17-13(4,5)6/h7,9H,1-6H3,(H,17,18)(H,14,15,16). The van der Waals surface area contributed by atoms with Crippen molar-refractivity contribution < 1.29 is 4.79 Å². The molecule has 0 aromatic carbocycles. The smallest absolute Gasteiger partial charge is 0.242 e. The molecule has 1 heterocycles. The SMILES string of the molecule is Cc1cc(NC(C)C(=O)NC(C)(C)C)nc(C)n1. The van der Waals surface area contributed by atoms with Crippen LogP contribution >= 0.6 is 0 Å². The zero-order valence-corrected chi connectivity index (χ0v) is 12.0. The van der Waals surface area contributed by atoms with E-state index in [0.717, 1.165) is 5.69 Å². The third kappa shape index (κ3) is 4.69. The van der Waals surface area contributed by atoms with Gasteiger partial charge in [-0.15, -0.1) is 0 Å². The largest absolute Gasteiger partial charge is 0.359 e. The number of anilines is 1. The first kappa shape index (κ1) is 14.4. The molecule has 0 fully saturated rings. The zero-order valence-electron chi connectivity index (χ0n) is 12.0. The average Bonchev–Trinajstić information content (AvgIpc) is 2.12. The minimum atomic E-state index is -0.335. The van der Waals surface area contributed by atoms with Crippen LogP contribution in [-0.4, -0.2) is 27.5 Å². The van der Waals surface area contributed by atoms with Crippen LogP contribution in [0.25, 0.3) is 0 Å². The van der Waals surface area contributed by atoms with E-state index in [9.17, 15) is 4.79 Å². The second-order valence-electron chi connectivity index (χ2n) is 5.55. The summed E-state index contributed by atoms with van der Waals surface area (Å²) in [4.78, 5) is 20.4. The number of amides is 1. The number of rotatable bonds is 3. The van der Waals surface area contributed by atoms with Crippen LogP contribution in [0.2, 0.25) is 0 Å². The summed E-state index contributed by atoms with van der Waals surface area (Å²) in [6.45, 7) is 11.4. The molecule has 1 amide bonds. The van der Waals surface area contributed by atoms with Crippen molar-refractivity contribution in [3.63, 3.8) is 0 Å². The molecule has 1 aromatic heterocycles. The van der Waals surface area contributed by atoms with Gasteiger partial charge in [0, 0.05) is 17.3 Å². The summed E-state index contributed by atoms with van der Waals surface area (Å²) in [6.07, 6.45) is 0. The van der Waals surface area contributed by atoms with Gasteiger partial charge in [-0.2, -0.15) is 0 Å². The summed E-state index contributed by atoms with van der Waals surface area (Å²) in [5.74, 6) is 1.33. The fraction of sp³-hybridized carbons (Fsp3) is 0.615. The fourth-order valence-corrected chi connectivity index (χ4v) is 1.56. The van der Waals surface area contributed by atoms with Gasteiger partial charge in [0.15, 0.2) is 0 Å². The number of aromatic nitrogens is 2. The van der Waals surface area contributed by atoms with Crippen molar-refractivity contribution in [2.45, 2.75) is 53.1 Å². The van der Waals surface area contributed by atoms with Crippen LogP contribution < -0.4 is 10.6 Å². The van der Waals surface area contributed by atoms with Gasteiger partial charge >= 0.3 is 0 Å². The number of aryl methyl sites for hydroxylation is 2. The number of carbonyl (C=O) groups excluding carboxylic acids is 1. The molecule has 1 rings (SSSR count). The molecule has 1 unspecified atom stereocenters. The second kappa shape index (κ2) is 5.33. The van der Waals surface area contributed by atoms with E-state index in [0.29, 0.717) is 11.6 Å². The van der Waals surface area contributed by atoms with E-state index in [4.69, 9.17) is 0 Å². The molecular formula is C13H22N4O. The van der Waals surface area contributed by atoms with Gasteiger partial charge in [-0.3, -0.25) is 4.79 Å². The van der Waals surface area contributed by atoms with E-state index in [1.54, 1.807) is 0 Å². The number of nitrogens with one attached hydrogen (secondary N) is 2. The lowest BCUT2D eigenvalue weighted by Gasteiger charge is -2.24. The minimum Gasteiger partial charge on any atom is -0.359 e. The van der Waals surface area contributed by atoms with E-state index >= 15 is 0 Å². The van der Waals surface area contributed by atoms with E-state index in [1.165, 1.54) is 0 Å². The number of hydrogen-bond acceptors (Lipinski definition) is 4. The second-order valence-corrected chi connectivity index (χ2v) is 5.55. The summed E-state index contributed by atoms with van der Waals surface area (Å²) < 4.78 is 0. The van der Waals surface area contributed by atoms with Crippen LogP contribution in [0.1, 0.15) is 39.2 Å². The molecule has 18 heavy (non-hydrogen) atoms. The van der Waals surface area contributed by atoms with Crippen molar-refractivity contribution in [3.8, 4) is 0 Å². The maximum atomic E-state index is 11.9. The van der Waals surface area contributed by atoms with E-state index in [2.05, 4.69) is 20.6 Å². The van der Waals surface area contributed by atoms with Gasteiger partial charge in [-0.25, -0.2) is 9.97 Å². The van der Waals surface area contributed by atoms with Crippen LogP contribution in [-0.2, 0) is 4.79 Å². The summed E-state index contributed by atoms with van der Waals surface area (Å²) in [5, 5.41) is 6.01. The quantitative estimate of drug-likeness (QED) is 0.858. The Bertz CT molecular complexity index is 417. The highest BCUT2D eigenvalue weighted by Crippen LogP contribution is 2.08. The predicted octanol–water partition coefficient (Wildman–Crippen LogP) is 1.81. The third-order valence-corrected chi connectivity index (χ3v) is 2.22. The van der Waals surface area contributed by atoms with Crippen molar-refractivity contribution in [2.24, 2.45) is 0 Å². The maximum Gasteiger partial charge on any atom is 0.242 e. The average molecular weight is 250 g/mol. The summed E-state index contributed by atoms with van der Waals surface area (Å²) >= 11 is 0. The Morgan fingerprint density at radius 1 is 1.28 bits per heavy atom. The molecule has 0 aliphatic carbocycles. The molecule has 0 saturated heterocycles. The molecular weight excluding hydrogens is 228 g/mol. The van der Waals surface area contributed by atoms with Gasteiger partial charge < -0.3 is 10.6 Å². The molecule has 0 aliphatic rings. The van der Waals surface area contributed by atoms with Gasteiger partial charge in [0.05, 0.1) is 0 Å². The Morgan fingerprint density at radius 3 is 2.39 bits per heavy atom. The third-order valence-electron chi connectivity index (χ3n) is 2.22. The highest BCUT2D eigenvalue weighted by molar-refractivity contribution is 5.84. The molecule has 0 radical (unpaired) electrons. The van der Waals surface area contributed by atoms with Crippen molar-refractivity contribution in [2.75, 3.05) is 5.32 Å². The van der Waals surface area contributed by atoms with Gasteiger partial charge in [0.2, 0.25) is 5.91 Å². The molecule has 0 spiro atoms. The molecule has 2 N–H and O–H groups in total. The first-order valence-corrected chi connectivity index (χ1v) is 6.08. The van der Waals surface area contributed by atoms with Crippen molar-refractivity contribution in [3.05, 3.63) is 17.6 Å². The summed E-state index contributed by atoms with van der Waals surface area (Å²) in [7, 11) is 0. The van der Waals surface area contributed by atoms with Crippen LogP contribution in [0.5, 0.6) is 0 Å². The summed E-state index contributed by atoms with van der Waals surface area (Å²) in [6, 6.07) is 1.49. The van der Waals surface area contributed by atoms with Crippen molar-refractivity contribution >= 4 is 11.7 Å². The molecule has 0 saturated carbocycles. The van der Waals surface area contributed by atoms with Gasteiger partial charge in [0.25, 0.3) is 0 Å². The Balaban J connectivity index is 2.69. The molecule has 1 aromatic rings. The Morgan fingerprint density at radius 2 is 1.89 bits per heavy atom.